The van der Waals surface area contributed by atoms with Crippen LogP contribution in [0.5, 0.6) is 0 Å². The third-order valence-electron chi connectivity index (χ3n) is 3.59. The van der Waals surface area contributed by atoms with Crippen molar-refractivity contribution in [2.24, 2.45) is 5.92 Å². The minimum Gasteiger partial charge on any atom is -0.303 e. The van der Waals surface area contributed by atoms with Crippen molar-refractivity contribution >= 4 is 22.1 Å². The summed E-state index contributed by atoms with van der Waals surface area (Å²) >= 11 is 0. The third-order valence-corrected chi connectivity index (χ3v) is 5.50. The minimum absolute atomic E-state index is 0.0402. The van der Waals surface area contributed by atoms with Gasteiger partial charge >= 0.3 is 0 Å². The maximum atomic E-state index is 12.4. The fraction of sp³-hybridized carbons (Fsp3) is 0.429. The molecule has 0 saturated carbocycles. The number of piperidine rings is 1. The highest BCUT2D eigenvalue weighted by Crippen LogP contribution is 2.23. The molecule has 0 amide bonds. The molecule has 2 rings (SSSR count). The van der Waals surface area contributed by atoms with Crippen molar-refractivity contribution < 1.29 is 18.0 Å². The molecular formula is C14H17NO4S. The molecule has 1 aliphatic rings. The number of carbonyl (C=O) groups is 2. The second-order valence-electron chi connectivity index (χ2n) is 4.96. The maximum Gasteiger partial charge on any atom is 0.243 e. The Kier molecular flexibility index (Phi) is 4.35. The molecular weight excluding hydrogens is 278 g/mol. The van der Waals surface area contributed by atoms with Gasteiger partial charge in [-0.05, 0) is 31.9 Å². The lowest BCUT2D eigenvalue weighted by Crippen LogP contribution is -2.38. The summed E-state index contributed by atoms with van der Waals surface area (Å²) < 4.78 is 26.2. The summed E-state index contributed by atoms with van der Waals surface area (Å²) in [6, 6.07) is 5.95. The van der Waals surface area contributed by atoms with E-state index in [1.54, 1.807) is 0 Å². The van der Waals surface area contributed by atoms with E-state index in [1.165, 1.54) is 35.5 Å². The largest absolute Gasteiger partial charge is 0.303 e. The lowest BCUT2D eigenvalue weighted by molar-refractivity contribution is -0.112. The van der Waals surface area contributed by atoms with Gasteiger partial charge in [-0.25, -0.2) is 8.42 Å². The first-order valence-corrected chi connectivity index (χ1v) is 7.95. The van der Waals surface area contributed by atoms with Gasteiger partial charge in [-0.3, -0.25) is 4.79 Å². The van der Waals surface area contributed by atoms with Crippen molar-refractivity contribution in [2.75, 3.05) is 13.1 Å². The fourth-order valence-electron chi connectivity index (χ4n) is 2.26. The highest BCUT2D eigenvalue weighted by molar-refractivity contribution is 7.89. The van der Waals surface area contributed by atoms with Crippen LogP contribution in [-0.4, -0.2) is 37.9 Å². The molecule has 0 radical (unpaired) electrons. The zero-order valence-electron chi connectivity index (χ0n) is 11.3. The van der Waals surface area contributed by atoms with Gasteiger partial charge in [0.25, 0.3) is 0 Å². The fourth-order valence-corrected chi connectivity index (χ4v) is 3.73. The van der Waals surface area contributed by atoms with Crippen LogP contribution in [-0.2, 0) is 14.8 Å². The summed E-state index contributed by atoms with van der Waals surface area (Å²) in [6.45, 7) is 2.16. The van der Waals surface area contributed by atoms with E-state index in [0.29, 0.717) is 31.5 Å². The molecule has 108 valence electrons. The number of nitrogens with zero attached hydrogens (tertiary/aromatic N) is 1. The highest BCUT2D eigenvalue weighted by Gasteiger charge is 2.29. The zero-order valence-corrected chi connectivity index (χ0v) is 12.1. The Bertz CT molecular complexity index is 599. The van der Waals surface area contributed by atoms with Crippen LogP contribution < -0.4 is 0 Å². The van der Waals surface area contributed by atoms with Crippen LogP contribution in [0.15, 0.2) is 29.2 Å². The molecule has 0 unspecified atom stereocenters. The Labute approximate surface area is 118 Å². The Balaban J connectivity index is 2.18. The van der Waals surface area contributed by atoms with Gasteiger partial charge in [-0.1, -0.05) is 12.1 Å². The van der Waals surface area contributed by atoms with E-state index >= 15 is 0 Å². The van der Waals surface area contributed by atoms with Gasteiger partial charge in [0.05, 0.1) is 4.90 Å². The molecule has 0 atom stereocenters. The van der Waals surface area contributed by atoms with E-state index in [0.717, 1.165) is 6.29 Å². The SMILES string of the molecule is CC(=O)c1ccc(S(=O)(=O)N2CCC(C=O)CC2)cc1. The highest BCUT2D eigenvalue weighted by atomic mass is 32.2. The summed E-state index contributed by atoms with van der Waals surface area (Å²) in [5, 5.41) is 0. The van der Waals surface area contributed by atoms with Gasteiger partial charge in [0, 0.05) is 24.6 Å². The average Bonchev–Trinajstić information content (AvgIpc) is 2.47. The van der Waals surface area contributed by atoms with Crippen molar-refractivity contribution in [3.05, 3.63) is 29.8 Å². The van der Waals surface area contributed by atoms with E-state index < -0.39 is 10.0 Å². The van der Waals surface area contributed by atoms with Crippen LogP contribution in [0.2, 0.25) is 0 Å². The minimum atomic E-state index is -3.53. The van der Waals surface area contributed by atoms with Crippen LogP contribution in [0.4, 0.5) is 0 Å². The van der Waals surface area contributed by atoms with Crippen LogP contribution >= 0.6 is 0 Å². The van der Waals surface area contributed by atoms with E-state index in [2.05, 4.69) is 0 Å². The van der Waals surface area contributed by atoms with Gasteiger partial charge in [0.15, 0.2) is 5.78 Å². The zero-order chi connectivity index (χ0) is 14.8. The van der Waals surface area contributed by atoms with E-state index in [4.69, 9.17) is 0 Å². The molecule has 1 heterocycles. The Hall–Kier alpha value is -1.53. The molecule has 1 aromatic carbocycles. The first-order chi connectivity index (χ1) is 9.45. The Morgan fingerprint density at radius 3 is 2.20 bits per heavy atom. The molecule has 20 heavy (non-hydrogen) atoms. The quantitative estimate of drug-likeness (QED) is 0.623. The van der Waals surface area contributed by atoms with E-state index in [9.17, 15) is 18.0 Å². The number of ketones is 1. The molecule has 0 aromatic heterocycles. The number of hydrogen-bond donors (Lipinski definition) is 0. The van der Waals surface area contributed by atoms with Gasteiger partial charge in [0.1, 0.15) is 6.29 Å². The van der Waals surface area contributed by atoms with Gasteiger partial charge in [0.2, 0.25) is 10.0 Å². The van der Waals surface area contributed by atoms with Gasteiger partial charge in [-0.2, -0.15) is 4.31 Å². The molecule has 0 spiro atoms. The van der Waals surface area contributed by atoms with Crippen LogP contribution in [0.25, 0.3) is 0 Å². The topological polar surface area (TPSA) is 71.5 Å². The third kappa shape index (κ3) is 2.96. The maximum absolute atomic E-state index is 12.4. The number of hydrogen-bond acceptors (Lipinski definition) is 4. The van der Waals surface area contributed by atoms with Crippen LogP contribution in [0.3, 0.4) is 0 Å². The first-order valence-electron chi connectivity index (χ1n) is 6.51. The molecule has 5 nitrogen and oxygen atoms in total. The summed E-state index contributed by atoms with van der Waals surface area (Å²) in [6.07, 6.45) is 2.02. The second-order valence-corrected chi connectivity index (χ2v) is 6.90. The Morgan fingerprint density at radius 1 is 1.20 bits per heavy atom. The number of rotatable bonds is 4. The Morgan fingerprint density at radius 2 is 1.75 bits per heavy atom. The molecule has 0 bridgehead atoms. The summed E-state index contributed by atoms with van der Waals surface area (Å²) in [7, 11) is -3.53. The lowest BCUT2D eigenvalue weighted by Gasteiger charge is -2.28. The lowest BCUT2D eigenvalue weighted by atomic mass is 10.0. The molecule has 1 saturated heterocycles. The number of benzene rings is 1. The predicted molar refractivity (Wildman–Crippen MR) is 74.0 cm³/mol. The van der Waals surface area contributed by atoms with E-state index in [-0.39, 0.29) is 16.6 Å². The van der Waals surface area contributed by atoms with Crippen molar-refractivity contribution in [1.29, 1.82) is 0 Å². The summed E-state index contributed by atoms with van der Waals surface area (Å²) in [5.41, 5.74) is 0.489. The van der Waals surface area contributed by atoms with Gasteiger partial charge < -0.3 is 4.79 Å². The summed E-state index contributed by atoms with van der Waals surface area (Å²) in [4.78, 5) is 22.1. The number of Topliss-reactive ketones (excluding diaryl/α,β-unsaturated/α-hetero) is 1. The van der Waals surface area contributed by atoms with Crippen molar-refractivity contribution in [1.82, 2.24) is 4.31 Å². The molecule has 0 aliphatic carbocycles. The first kappa shape index (κ1) is 14.9. The molecule has 6 heteroatoms. The number of carbonyl (C=O) groups excluding carboxylic acids is 2. The van der Waals surface area contributed by atoms with Crippen molar-refractivity contribution in [3.8, 4) is 0 Å². The van der Waals surface area contributed by atoms with Crippen LogP contribution in [0, 0.1) is 5.92 Å². The van der Waals surface area contributed by atoms with E-state index in [1.807, 2.05) is 0 Å². The smallest absolute Gasteiger partial charge is 0.243 e. The van der Waals surface area contributed by atoms with Crippen LogP contribution in [0.1, 0.15) is 30.1 Å². The van der Waals surface area contributed by atoms with Gasteiger partial charge in [-0.15, -0.1) is 0 Å². The normalized spacial score (nSPS) is 17.9. The average molecular weight is 295 g/mol. The molecule has 1 aromatic rings. The number of sulfonamides is 1. The molecule has 1 aliphatic heterocycles. The monoisotopic (exact) mass is 295 g/mol. The predicted octanol–water partition coefficient (Wildman–Crippen LogP) is 1.49. The number of aldehydes is 1. The summed E-state index contributed by atoms with van der Waals surface area (Å²) in [5.74, 6) is -0.137. The molecule has 0 N–H and O–H groups in total. The van der Waals surface area contributed by atoms with Crippen molar-refractivity contribution in [2.45, 2.75) is 24.7 Å². The second kappa shape index (κ2) is 5.85. The molecule has 1 fully saturated rings. The standard InChI is InChI=1S/C14H17NO4S/c1-11(17)13-2-4-14(5-3-13)20(18,19)15-8-6-12(10-16)7-9-15/h2-5,10,12H,6-9H2,1H3. The van der Waals surface area contributed by atoms with Crippen molar-refractivity contribution in [3.63, 3.8) is 0 Å².